The predicted octanol–water partition coefficient (Wildman–Crippen LogP) is 4.62. The van der Waals surface area contributed by atoms with Gasteiger partial charge in [-0.25, -0.2) is 4.57 Å². The highest BCUT2D eigenvalue weighted by Gasteiger charge is 2.31. The highest BCUT2D eigenvalue weighted by atomic mass is 32.7. The molecule has 1 aliphatic carbocycles. The third kappa shape index (κ3) is 5.22. The molecule has 0 aromatic rings. The first-order valence-electron chi connectivity index (χ1n) is 6.27. The van der Waals surface area contributed by atoms with Gasteiger partial charge in [0, 0.05) is 5.25 Å². The standard InChI is InChI=1S/C11H23O3PS/c1-3-9-13-15(12,14-10-4-2)16-11-7-5-6-8-11/h11H,3-10H2,1-2H3. The van der Waals surface area contributed by atoms with Gasteiger partial charge in [-0.2, -0.15) is 0 Å². The van der Waals surface area contributed by atoms with Crippen molar-refractivity contribution in [2.45, 2.75) is 57.6 Å². The van der Waals surface area contributed by atoms with Crippen molar-refractivity contribution in [3.05, 3.63) is 0 Å². The summed E-state index contributed by atoms with van der Waals surface area (Å²) in [5, 5.41) is 0.472. The average Bonchev–Trinajstić information content (AvgIpc) is 2.76. The van der Waals surface area contributed by atoms with Crippen molar-refractivity contribution < 1.29 is 13.6 Å². The minimum Gasteiger partial charge on any atom is -0.301 e. The quantitative estimate of drug-likeness (QED) is 0.600. The van der Waals surface area contributed by atoms with Gasteiger partial charge in [0.15, 0.2) is 0 Å². The molecule has 1 rings (SSSR count). The maximum atomic E-state index is 12.4. The van der Waals surface area contributed by atoms with Gasteiger partial charge in [0.2, 0.25) is 0 Å². The molecular weight excluding hydrogens is 243 g/mol. The monoisotopic (exact) mass is 266 g/mol. The molecule has 0 aromatic heterocycles. The summed E-state index contributed by atoms with van der Waals surface area (Å²) < 4.78 is 23.3. The van der Waals surface area contributed by atoms with Gasteiger partial charge >= 0.3 is 6.80 Å². The van der Waals surface area contributed by atoms with Crippen LogP contribution in [0.3, 0.4) is 0 Å². The molecule has 1 saturated carbocycles. The summed E-state index contributed by atoms with van der Waals surface area (Å²) in [6.07, 6.45) is 6.56. The molecular formula is C11H23O3PS. The van der Waals surface area contributed by atoms with E-state index >= 15 is 0 Å². The van der Waals surface area contributed by atoms with Gasteiger partial charge in [-0.05, 0) is 37.1 Å². The Labute approximate surface area is 103 Å². The van der Waals surface area contributed by atoms with Crippen molar-refractivity contribution in [1.82, 2.24) is 0 Å². The second-order valence-corrected chi connectivity index (χ2v) is 8.39. The van der Waals surface area contributed by atoms with E-state index in [9.17, 15) is 4.57 Å². The van der Waals surface area contributed by atoms with Gasteiger partial charge in [-0.3, -0.25) is 0 Å². The summed E-state index contributed by atoms with van der Waals surface area (Å²) >= 11 is 1.45. The van der Waals surface area contributed by atoms with Crippen molar-refractivity contribution >= 4 is 18.2 Å². The van der Waals surface area contributed by atoms with Crippen molar-refractivity contribution in [3.8, 4) is 0 Å². The van der Waals surface area contributed by atoms with Crippen LogP contribution in [-0.4, -0.2) is 18.5 Å². The highest BCUT2D eigenvalue weighted by molar-refractivity contribution is 8.55. The van der Waals surface area contributed by atoms with Gasteiger partial charge in [0.05, 0.1) is 13.2 Å². The molecule has 0 aromatic carbocycles. The molecule has 0 N–H and O–H groups in total. The maximum absolute atomic E-state index is 12.4. The van der Waals surface area contributed by atoms with Crippen LogP contribution in [0.25, 0.3) is 0 Å². The fraction of sp³-hybridized carbons (Fsp3) is 1.00. The van der Waals surface area contributed by atoms with E-state index in [4.69, 9.17) is 9.05 Å². The summed E-state index contributed by atoms with van der Waals surface area (Å²) in [6, 6.07) is 0. The summed E-state index contributed by atoms with van der Waals surface area (Å²) in [6.45, 7) is 2.21. The largest absolute Gasteiger partial charge is 0.389 e. The lowest BCUT2D eigenvalue weighted by molar-refractivity contribution is 0.220. The molecule has 0 spiro atoms. The first kappa shape index (κ1) is 14.6. The highest BCUT2D eigenvalue weighted by Crippen LogP contribution is 2.64. The van der Waals surface area contributed by atoms with Crippen molar-refractivity contribution in [3.63, 3.8) is 0 Å². The molecule has 3 nitrogen and oxygen atoms in total. The Bertz CT molecular complexity index is 217. The molecule has 1 aliphatic rings. The molecule has 0 bridgehead atoms. The summed E-state index contributed by atoms with van der Waals surface area (Å²) in [5.41, 5.74) is 0. The Hall–Kier alpha value is 0.500. The van der Waals surface area contributed by atoms with Gasteiger partial charge in [0.25, 0.3) is 0 Å². The van der Waals surface area contributed by atoms with Gasteiger partial charge in [0.1, 0.15) is 0 Å². The van der Waals surface area contributed by atoms with Crippen LogP contribution in [-0.2, 0) is 13.6 Å². The summed E-state index contributed by atoms with van der Waals surface area (Å²) in [4.78, 5) is 0. The van der Waals surface area contributed by atoms with Crippen LogP contribution in [0.2, 0.25) is 0 Å². The van der Waals surface area contributed by atoms with Crippen molar-refractivity contribution in [2.75, 3.05) is 13.2 Å². The Morgan fingerprint density at radius 3 is 2.06 bits per heavy atom. The number of hydrogen-bond acceptors (Lipinski definition) is 4. The Morgan fingerprint density at radius 1 is 1.12 bits per heavy atom. The molecule has 0 aliphatic heterocycles. The second kappa shape index (κ2) is 7.75. The molecule has 5 heteroatoms. The van der Waals surface area contributed by atoms with Gasteiger partial charge in [-0.1, -0.05) is 26.7 Å². The van der Waals surface area contributed by atoms with Gasteiger partial charge < -0.3 is 9.05 Å². The third-order valence-corrected chi connectivity index (χ3v) is 6.81. The van der Waals surface area contributed by atoms with E-state index in [-0.39, 0.29) is 0 Å². The Balaban J connectivity index is 2.43. The van der Waals surface area contributed by atoms with E-state index < -0.39 is 6.80 Å². The van der Waals surface area contributed by atoms with Crippen LogP contribution >= 0.6 is 18.2 Å². The van der Waals surface area contributed by atoms with E-state index in [1.165, 1.54) is 24.2 Å². The minimum atomic E-state index is -2.88. The van der Waals surface area contributed by atoms with Crippen LogP contribution in [0.5, 0.6) is 0 Å². The molecule has 0 atom stereocenters. The molecule has 0 radical (unpaired) electrons. The van der Waals surface area contributed by atoms with E-state index in [0.717, 1.165) is 25.7 Å². The van der Waals surface area contributed by atoms with Crippen LogP contribution < -0.4 is 0 Å². The zero-order valence-electron chi connectivity index (χ0n) is 10.3. The topological polar surface area (TPSA) is 35.5 Å². The molecule has 16 heavy (non-hydrogen) atoms. The molecule has 96 valence electrons. The zero-order valence-corrected chi connectivity index (χ0v) is 12.0. The summed E-state index contributed by atoms with van der Waals surface area (Å²) in [7, 11) is 0. The SMILES string of the molecule is CCCOP(=O)(OCCC)SC1CCCC1. The smallest absolute Gasteiger partial charge is 0.301 e. The maximum Gasteiger partial charge on any atom is 0.389 e. The van der Waals surface area contributed by atoms with Crippen LogP contribution in [0, 0.1) is 0 Å². The molecule has 0 saturated heterocycles. The minimum absolute atomic E-state index is 0.472. The molecule has 0 unspecified atom stereocenters. The number of hydrogen-bond donors (Lipinski definition) is 0. The fourth-order valence-electron chi connectivity index (χ4n) is 1.68. The molecule has 0 heterocycles. The van der Waals surface area contributed by atoms with Crippen molar-refractivity contribution in [2.24, 2.45) is 0 Å². The van der Waals surface area contributed by atoms with E-state index in [1.807, 2.05) is 13.8 Å². The molecule has 0 amide bonds. The fourth-order valence-corrected chi connectivity index (χ4v) is 6.14. The first-order chi connectivity index (χ1) is 7.70. The van der Waals surface area contributed by atoms with Crippen LogP contribution in [0.4, 0.5) is 0 Å². The van der Waals surface area contributed by atoms with E-state index in [1.54, 1.807) is 0 Å². The van der Waals surface area contributed by atoms with Crippen LogP contribution in [0.15, 0.2) is 0 Å². The summed E-state index contributed by atoms with van der Waals surface area (Å²) in [5.74, 6) is 0. The lowest BCUT2D eigenvalue weighted by atomic mass is 10.4. The second-order valence-electron chi connectivity index (χ2n) is 4.13. The zero-order chi connectivity index (χ0) is 11.9. The number of rotatable bonds is 8. The average molecular weight is 266 g/mol. The van der Waals surface area contributed by atoms with E-state index in [0.29, 0.717) is 18.5 Å². The predicted molar refractivity (Wildman–Crippen MR) is 69.9 cm³/mol. The van der Waals surface area contributed by atoms with Crippen molar-refractivity contribution in [1.29, 1.82) is 0 Å². The Morgan fingerprint density at radius 2 is 1.62 bits per heavy atom. The lowest BCUT2D eigenvalue weighted by Gasteiger charge is -2.20. The van der Waals surface area contributed by atoms with Crippen LogP contribution in [0.1, 0.15) is 52.4 Å². The third-order valence-electron chi connectivity index (χ3n) is 2.49. The first-order valence-corrected chi connectivity index (χ1v) is 9.30. The normalized spacial score (nSPS) is 18.1. The van der Waals surface area contributed by atoms with Gasteiger partial charge in [-0.15, -0.1) is 0 Å². The molecule has 1 fully saturated rings. The van der Waals surface area contributed by atoms with E-state index in [2.05, 4.69) is 0 Å². The lowest BCUT2D eigenvalue weighted by Crippen LogP contribution is -2.01. The Kier molecular flexibility index (Phi) is 7.06.